The molecule has 0 spiro atoms. The van der Waals surface area contributed by atoms with Crippen LogP contribution in [0.2, 0.25) is 0 Å². The Morgan fingerprint density at radius 2 is 2.33 bits per heavy atom. The standard InChI is InChI=1S/C16H16FN3O/c1-11-4-3-7-20(10-11)16-14(9-18)19-15(21-16)12-5-2-6-13(17)8-12/h2,5-6,8,11H,3-4,7,10H2,1H3. The Hall–Kier alpha value is -2.35. The van der Waals surface area contributed by atoms with Gasteiger partial charge >= 0.3 is 0 Å². The highest BCUT2D eigenvalue weighted by Gasteiger charge is 2.24. The van der Waals surface area contributed by atoms with Gasteiger partial charge in [0.25, 0.3) is 0 Å². The van der Waals surface area contributed by atoms with Crippen LogP contribution in [0.5, 0.6) is 0 Å². The van der Waals surface area contributed by atoms with E-state index in [4.69, 9.17) is 4.42 Å². The smallest absolute Gasteiger partial charge is 0.235 e. The van der Waals surface area contributed by atoms with Gasteiger partial charge < -0.3 is 9.32 Å². The molecule has 0 saturated carbocycles. The zero-order chi connectivity index (χ0) is 14.8. The van der Waals surface area contributed by atoms with Gasteiger partial charge in [-0.25, -0.2) is 4.39 Å². The molecule has 108 valence electrons. The molecule has 2 heterocycles. The number of hydrogen-bond donors (Lipinski definition) is 0. The van der Waals surface area contributed by atoms with Crippen LogP contribution in [0.1, 0.15) is 25.5 Å². The first-order valence-electron chi connectivity index (χ1n) is 7.09. The SMILES string of the molecule is CC1CCCN(c2oc(-c3cccc(F)c3)nc2C#N)C1. The van der Waals surface area contributed by atoms with Crippen LogP contribution in [0.15, 0.2) is 28.7 Å². The van der Waals surface area contributed by atoms with Crippen molar-refractivity contribution >= 4 is 5.88 Å². The number of nitriles is 1. The van der Waals surface area contributed by atoms with Gasteiger partial charge in [0, 0.05) is 18.7 Å². The molecule has 21 heavy (non-hydrogen) atoms. The van der Waals surface area contributed by atoms with E-state index in [1.54, 1.807) is 12.1 Å². The lowest BCUT2D eigenvalue weighted by atomic mass is 10.0. The first-order chi connectivity index (χ1) is 10.2. The highest BCUT2D eigenvalue weighted by molar-refractivity contribution is 5.59. The first-order valence-corrected chi connectivity index (χ1v) is 7.09. The number of rotatable bonds is 2. The third-order valence-electron chi connectivity index (χ3n) is 3.73. The Bertz CT molecular complexity index is 689. The van der Waals surface area contributed by atoms with E-state index in [0.29, 0.717) is 23.3 Å². The Kier molecular flexibility index (Phi) is 3.61. The van der Waals surface area contributed by atoms with Gasteiger partial charge in [0.2, 0.25) is 17.5 Å². The molecular weight excluding hydrogens is 269 g/mol. The van der Waals surface area contributed by atoms with Crippen LogP contribution in [0, 0.1) is 23.1 Å². The van der Waals surface area contributed by atoms with Crippen LogP contribution in [-0.2, 0) is 0 Å². The number of benzene rings is 1. The van der Waals surface area contributed by atoms with E-state index in [0.717, 1.165) is 19.5 Å². The molecule has 2 aromatic rings. The van der Waals surface area contributed by atoms with Crippen molar-refractivity contribution in [2.45, 2.75) is 19.8 Å². The number of nitrogens with zero attached hydrogens (tertiary/aromatic N) is 3. The molecule has 1 fully saturated rings. The predicted molar refractivity (Wildman–Crippen MR) is 77.2 cm³/mol. The number of hydrogen-bond acceptors (Lipinski definition) is 4. The van der Waals surface area contributed by atoms with E-state index in [2.05, 4.69) is 22.9 Å². The van der Waals surface area contributed by atoms with Crippen molar-refractivity contribution in [3.8, 4) is 17.5 Å². The van der Waals surface area contributed by atoms with E-state index in [-0.39, 0.29) is 11.5 Å². The summed E-state index contributed by atoms with van der Waals surface area (Å²) in [4.78, 5) is 6.26. The van der Waals surface area contributed by atoms with Crippen molar-refractivity contribution in [1.82, 2.24) is 4.98 Å². The topological polar surface area (TPSA) is 53.1 Å². The normalized spacial score (nSPS) is 18.5. The van der Waals surface area contributed by atoms with E-state index in [1.165, 1.54) is 18.6 Å². The summed E-state index contributed by atoms with van der Waals surface area (Å²) in [5.74, 6) is 1.01. The summed E-state index contributed by atoms with van der Waals surface area (Å²) in [7, 11) is 0. The Balaban J connectivity index is 1.97. The molecule has 1 saturated heterocycles. The lowest BCUT2D eigenvalue weighted by Gasteiger charge is -2.30. The Labute approximate surface area is 122 Å². The minimum absolute atomic E-state index is 0.267. The number of halogens is 1. The van der Waals surface area contributed by atoms with Gasteiger partial charge in [-0.1, -0.05) is 13.0 Å². The number of anilines is 1. The summed E-state index contributed by atoms with van der Waals surface area (Å²) in [6, 6.07) is 8.12. The van der Waals surface area contributed by atoms with Crippen LogP contribution in [0.25, 0.3) is 11.5 Å². The fourth-order valence-electron chi connectivity index (χ4n) is 2.72. The van der Waals surface area contributed by atoms with Crippen molar-refractivity contribution in [3.05, 3.63) is 35.8 Å². The quantitative estimate of drug-likeness (QED) is 0.846. The molecular formula is C16H16FN3O. The monoisotopic (exact) mass is 285 g/mol. The summed E-state index contributed by atoms with van der Waals surface area (Å²) in [5.41, 5.74) is 0.811. The van der Waals surface area contributed by atoms with Gasteiger partial charge in [0.15, 0.2) is 0 Å². The van der Waals surface area contributed by atoms with Gasteiger partial charge in [-0.05, 0) is 37.0 Å². The van der Waals surface area contributed by atoms with E-state index < -0.39 is 0 Å². The second kappa shape index (κ2) is 5.57. The highest BCUT2D eigenvalue weighted by atomic mass is 19.1. The lowest BCUT2D eigenvalue weighted by Crippen LogP contribution is -2.34. The molecule has 0 amide bonds. The molecule has 1 unspecified atom stereocenters. The van der Waals surface area contributed by atoms with Crippen molar-refractivity contribution < 1.29 is 8.81 Å². The zero-order valence-electron chi connectivity index (χ0n) is 11.8. The minimum atomic E-state index is -0.350. The molecule has 0 bridgehead atoms. The average Bonchev–Trinajstić information content (AvgIpc) is 2.91. The van der Waals surface area contributed by atoms with Crippen molar-refractivity contribution in [2.75, 3.05) is 18.0 Å². The first kappa shape index (κ1) is 13.6. The molecule has 4 nitrogen and oxygen atoms in total. The summed E-state index contributed by atoms with van der Waals surface area (Å²) < 4.78 is 19.1. The van der Waals surface area contributed by atoms with E-state index in [1.807, 2.05) is 0 Å². The number of piperidine rings is 1. The maximum absolute atomic E-state index is 13.3. The molecule has 0 N–H and O–H groups in total. The molecule has 1 aliphatic heterocycles. The minimum Gasteiger partial charge on any atom is -0.419 e. The molecule has 0 radical (unpaired) electrons. The van der Waals surface area contributed by atoms with Gasteiger partial charge in [0.05, 0.1) is 0 Å². The summed E-state index contributed by atoms with van der Waals surface area (Å²) in [6.07, 6.45) is 2.26. The van der Waals surface area contributed by atoms with Gasteiger partial charge in [0.1, 0.15) is 11.9 Å². The molecule has 0 aliphatic carbocycles. The molecule has 1 aliphatic rings. The zero-order valence-corrected chi connectivity index (χ0v) is 11.8. The maximum atomic E-state index is 13.3. The maximum Gasteiger partial charge on any atom is 0.235 e. The van der Waals surface area contributed by atoms with Crippen LogP contribution in [0.3, 0.4) is 0 Å². The summed E-state index contributed by atoms with van der Waals surface area (Å²) >= 11 is 0. The third kappa shape index (κ3) is 2.75. The molecule has 3 rings (SSSR count). The fraction of sp³-hybridized carbons (Fsp3) is 0.375. The number of aromatic nitrogens is 1. The van der Waals surface area contributed by atoms with Crippen LogP contribution >= 0.6 is 0 Å². The van der Waals surface area contributed by atoms with Crippen molar-refractivity contribution in [2.24, 2.45) is 5.92 Å². The summed E-state index contributed by atoms with van der Waals surface area (Å²) in [5, 5.41) is 9.26. The highest BCUT2D eigenvalue weighted by Crippen LogP contribution is 2.31. The second-order valence-electron chi connectivity index (χ2n) is 5.49. The van der Waals surface area contributed by atoms with Crippen molar-refractivity contribution in [1.29, 1.82) is 5.26 Å². The van der Waals surface area contributed by atoms with Gasteiger partial charge in [-0.15, -0.1) is 0 Å². The number of oxazole rings is 1. The van der Waals surface area contributed by atoms with Gasteiger partial charge in [-0.2, -0.15) is 10.2 Å². The fourth-order valence-corrected chi connectivity index (χ4v) is 2.72. The van der Waals surface area contributed by atoms with Crippen LogP contribution in [-0.4, -0.2) is 18.1 Å². The lowest BCUT2D eigenvalue weighted by molar-refractivity contribution is 0.422. The van der Waals surface area contributed by atoms with Crippen molar-refractivity contribution in [3.63, 3.8) is 0 Å². The summed E-state index contributed by atoms with van der Waals surface area (Å²) in [6.45, 7) is 3.89. The van der Waals surface area contributed by atoms with E-state index >= 15 is 0 Å². The van der Waals surface area contributed by atoms with E-state index in [9.17, 15) is 9.65 Å². The largest absolute Gasteiger partial charge is 0.419 e. The molecule has 1 aromatic heterocycles. The van der Waals surface area contributed by atoms with Crippen LogP contribution < -0.4 is 4.90 Å². The predicted octanol–water partition coefficient (Wildman–Crippen LogP) is 3.59. The average molecular weight is 285 g/mol. The molecule has 1 aromatic carbocycles. The van der Waals surface area contributed by atoms with Gasteiger partial charge in [-0.3, -0.25) is 0 Å². The molecule has 1 atom stereocenters. The third-order valence-corrected chi connectivity index (χ3v) is 3.73. The second-order valence-corrected chi connectivity index (χ2v) is 5.49. The van der Waals surface area contributed by atoms with Crippen LogP contribution in [0.4, 0.5) is 10.3 Å². The molecule has 5 heteroatoms. The Morgan fingerprint density at radius 3 is 3.05 bits per heavy atom. The Morgan fingerprint density at radius 1 is 1.48 bits per heavy atom.